The third-order valence-electron chi connectivity index (χ3n) is 4.44. The van der Waals surface area contributed by atoms with Crippen molar-refractivity contribution in [3.8, 4) is 5.75 Å². The fraction of sp³-hybridized carbons (Fsp3) is 0.611. The molecule has 1 aliphatic rings. The van der Waals surface area contributed by atoms with Crippen LogP contribution in [0.1, 0.15) is 30.9 Å². The molecule has 0 saturated carbocycles. The van der Waals surface area contributed by atoms with E-state index in [1.54, 1.807) is 0 Å². The predicted octanol–water partition coefficient (Wildman–Crippen LogP) is 2.07. The van der Waals surface area contributed by atoms with Gasteiger partial charge in [-0.3, -0.25) is 9.89 Å². The largest absolute Gasteiger partial charge is 0.491 e. The molecule has 1 aromatic carbocycles. The zero-order valence-electron chi connectivity index (χ0n) is 14.6. The molecule has 23 heavy (non-hydrogen) atoms. The second-order valence-corrected chi connectivity index (χ2v) is 6.15. The highest BCUT2D eigenvalue weighted by atomic mass is 16.5. The zero-order valence-corrected chi connectivity index (χ0v) is 14.6. The highest BCUT2D eigenvalue weighted by molar-refractivity contribution is 5.77. The molecular formula is C18H30N4O. The average molecular weight is 318 g/mol. The lowest BCUT2D eigenvalue weighted by molar-refractivity contribution is 0.273. The molecule has 2 rings (SSSR count). The molecule has 3 N–H and O–H groups in total. The summed E-state index contributed by atoms with van der Waals surface area (Å²) in [6.45, 7) is 10.6. The number of rotatable bonds is 7. The van der Waals surface area contributed by atoms with Crippen LogP contribution in [0.3, 0.4) is 0 Å². The van der Waals surface area contributed by atoms with E-state index in [-0.39, 0.29) is 0 Å². The van der Waals surface area contributed by atoms with E-state index in [0.29, 0.717) is 25.2 Å². The van der Waals surface area contributed by atoms with Crippen molar-refractivity contribution in [1.82, 2.24) is 10.2 Å². The number of aryl methyl sites for hydroxylation is 2. The van der Waals surface area contributed by atoms with E-state index < -0.39 is 0 Å². The van der Waals surface area contributed by atoms with Gasteiger partial charge in [-0.1, -0.05) is 25.1 Å². The summed E-state index contributed by atoms with van der Waals surface area (Å²) in [6, 6.07) is 6.72. The summed E-state index contributed by atoms with van der Waals surface area (Å²) in [6.07, 6.45) is 2.49. The van der Waals surface area contributed by atoms with Crippen molar-refractivity contribution in [2.75, 3.05) is 32.8 Å². The number of benzene rings is 1. The van der Waals surface area contributed by atoms with E-state index in [1.165, 1.54) is 19.4 Å². The topological polar surface area (TPSA) is 62.9 Å². The maximum absolute atomic E-state index is 5.94. The Hall–Kier alpha value is -1.75. The van der Waals surface area contributed by atoms with Crippen LogP contribution in [-0.2, 0) is 0 Å². The number of ether oxygens (including phenoxy) is 1. The Kier molecular flexibility index (Phi) is 6.71. The van der Waals surface area contributed by atoms with Crippen LogP contribution in [0.5, 0.6) is 5.75 Å². The van der Waals surface area contributed by atoms with Gasteiger partial charge in [-0.05, 0) is 50.9 Å². The van der Waals surface area contributed by atoms with Gasteiger partial charge in [0.2, 0.25) is 0 Å². The Morgan fingerprint density at radius 1 is 1.39 bits per heavy atom. The quantitative estimate of drug-likeness (QED) is 0.459. The lowest BCUT2D eigenvalue weighted by atomic mass is 10.1. The molecule has 1 saturated heterocycles. The molecule has 1 aromatic rings. The van der Waals surface area contributed by atoms with Crippen LogP contribution in [-0.4, -0.2) is 49.7 Å². The molecular weight excluding hydrogens is 288 g/mol. The fourth-order valence-electron chi connectivity index (χ4n) is 3.14. The van der Waals surface area contributed by atoms with Crippen molar-refractivity contribution in [3.05, 3.63) is 29.3 Å². The van der Waals surface area contributed by atoms with E-state index in [0.717, 1.165) is 30.0 Å². The third kappa shape index (κ3) is 5.13. The molecule has 0 aliphatic carbocycles. The Morgan fingerprint density at radius 2 is 2.13 bits per heavy atom. The molecule has 0 amide bonds. The van der Waals surface area contributed by atoms with Gasteiger partial charge in [-0.2, -0.15) is 0 Å². The van der Waals surface area contributed by atoms with Gasteiger partial charge in [0.25, 0.3) is 0 Å². The van der Waals surface area contributed by atoms with Gasteiger partial charge in [-0.15, -0.1) is 0 Å². The summed E-state index contributed by atoms with van der Waals surface area (Å²) in [7, 11) is 0. The first-order valence-corrected chi connectivity index (χ1v) is 8.58. The summed E-state index contributed by atoms with van der Waals surface area (Å²) in [5.41, 5.74) is 8.26. The van der Waals surface area contributed by atoms with Crippen LogP contribution in [0.15, 0.2) is 23.2 Å². The normalized spacial score (nSPS) is 19.1. The SMILES string of the molecule is CCN1CCCC1CN=C(N)NCCOc1c(C)cccc1C. The molecule has 5 nitrogen and oxygen atoms in total. The Bertz CT molecular complexity index is 510. The van der Waals surface area contributed by atoms with Crippen molar-refractivity contribution >= 4 is 5.96 Å². The number of guanidine groups is 1. The molecule has 1 fully saturated rings. The van der Waals surface area contributed by atoms with Crippen molar-refractivity contribution in [1.29, 1.82) is 0 Å². The lowest BCUT2D eigenvalue weighted by Gasteiger charge is -2.21. The number of nitrogens with two attached hydrogens (primary N) is 1. The van der Waals surface area contributed by atoms with Gasteiger partial charge in [0.05, 0.1) is 13.1 Å². The van der Waals surface area contributed by atoms with Gasteiger partial charge in [-0.25, -0.2) is 0 Å². The summed E-state index contributed by atoms with van der Waals surface area (Å²) in [5.74, 6) is 1.48. The predicted molar refractivity (Wildman–Crippen MR) is 96.2 cm³/mol. The molecule has 128 valence electrons. The summed E-state index contributed by atoms with van der Waals surface area (Å²) < 4.78 is 5.85. The van der Waals surface area contributed by atoms with E-state index in [9.17, 15) is 0 Å². The first kappa shape index (κ1) is 17.6. The maximum atomic E-state index is 5.94. The minimum absolute atomic E-state index is 0.512. The monoisotopic (exact) mass is 318 g/mol. The van der Waals surface area contributed by atoms with E-state index in [4.69, 9.17) is 10.5 Å². The zero-order chi connectivity index (χ0) is 16.7. The number of likely N-dealkylation sites (N-methyl/N-ethyl adjacent to an activating group) is 1. The van der Waals surface area contributed by atoms with Crippen LogP contribution in [0.2, 0.25) is 0 Å². The number of para-hydroxylation sites is 1. The van der Waals surface area contributed by atoms with Gasteiger partial charge in [0.1, 0.15) is 12.4 Å². The second-order valence-electron chi connectivity index (χ2n) is 6.15. The smallest absolute Gasteiger partial charge is 0.188 e. The average Bonchev–Trinajstić information content (AvgIpc) is 2.99. The highest BCUT2D eigenvalue weighted by Gasteiger charge is 2.22. The standard InChI is InChI=1S/C18H30N4O/c1-4-22-11-6-9-16(22)13-21-18(19)20-10-12-23-17-14(2)7-5-8-15(17)3/h5,7-8,16H,4,6,9-13H2,1-3H3,(H3,19,20,21). The van der Waals surface area contributed by atoms with Gasteiger partial charge >= 0.3 is 0 Å². The Labute approximate surface area is 139 Å². The number of nitrogens with one attached hydrogen (secondary N) is 1. The molecule has 0 radical (unpaired) electrons. The van der Waals surface area contributed by atoms with Crippen LogP contribution >= 0.6 is 0 Å². The number of aliphatic imine (C=N–C) groups is 1. The molecule has 1 unspecified atom stereocenters. The minimum Gasteiger partial charge on any atom is -0.491 e. The van der Waals surface area contributed by atoms with Gasteiger partial charge < -0.3 is 15.8 Å². The Balaban J connectivity index is 1.70. The molecule has 0 bridgehead atoms. The molecule has 1 aliphatic heterocycles. The number of hydrogen-bond acceptors (Lipinski definition) is 3. The molecule has 0 aromatic heterocycles. The highest BCUT2D eigenvalue weighted by Crippen LogP contribution is 2.21. The summed E-state index contributed by atoms with van der Waals surface area (Å²) >= 11 is 0. The summed E-state index contributed by atoms with van der Waals surface area (Å²) in [4.78, 5) is 6.94. The molecule has 5 heteroatoms. The second kappa shape index (κ2) is 8.77. The molecule has 1 heterocycles. The fourth-order valence-corrected chi connectivity index (χ4v) is 3.14. The van der Waals surface area contributed by atoms with E-state index >= 15 is 0 Å². The maximum Gasteiger partial charge on any atom is 0.188 e. The van der Waals surface area contributed by atoms with Crippen LogP contribution in [0.4, 0.5) is 0 Å². The van der Waals surface area contributed by atoms with E-state index in [1.807, 2.05) is 6.07 Å². The lowest BCUT2D eigenvalue weighted by Crippen LogP contribution is -2.37. The first-order valence-electron chi connectivity index (χ1n) is 8.58. The van der Waals surface area contributed by atoms with Gasteiger partial charge in [0.15, 0.2) is 5.96 Å². The van der Waals surface area contributed by atoms with Crippen molar-refractivity contribution in [3.63, 3.8) is 0 Å². The third-order valence-corrected chi connectivity index (χ3v) is 4.44. The van der Waals surface area contributed by atoms with E-state index in [2.05, 4.69) is 48.1 Å². The van der Waals surface area contributed by atoms with Crippen molar-refractivity contribution in [2.45, 2.75) is 39.7 Å². The van der Waals surface area contributed by atoms with Crippen molar-refractivity contribution < 1.29 is 4.74 Å². The van der Waals surface area contributed by atoms with Crippen LogP contribution in [0.25, 0.3) is 0 Å². The molecule has 1 atom stereocenters. The Morgan fingerprint density at radius 3 is 2.83 bits per heavy atom. The summed E-state index contributed by atoms with van der Waals surface area (Å²) in [5, 5.41) is 3.13. The molecule has 0 spiro atoms. The number of hydrogen-bond donors (Lipinski definition) is 2. The number of nitrogens with zero attached hydrogens (tertiary/aromatic N) is 2. The number of likely N-dealkylation sites (tertiary alicyclic amines) is 1. The minimum atomic E-state index is 0.512. The van der Waals surface area contributed by atoms with Crippen LogP contribution in [0, 0.1) is 13.8 Å². The van der Waals surface area contributed by atoms with Gasteiger partial charge in [0, 0.05) is 6.04 Å². The first-order chi connectivity index (χ1) is 11.1. The van der Waals surface area contributed by atoms with Crippen LogP contribution < -0.4 is 15.8 Å². The van der Waals surface area contributed by atoms with Crippen molar-refractivity contribution in [2.24, 2.45) is 10.7 Å².